The summed E-state index contributed by atoms with van der Waals surface area (Å²) in [5.41, 5.74) is 2.78. The Bertz CT molecular complexity index is 702. The molecule has 1 saturated heterocycles. The molecule has 0 spiro atoms. The summed E-state index contributed by atoms with van der Waals surface area (Å²) in [5.74, 6) is 1.26. The lowest BCUT2D eigenvalue weighted by atomic mass is 9.93. The van der Waals surface area contributed by atoms with Crippen molar-refractivity contribution < 1.29 is 0 Å². The molecule has 2 aromatic heterocycles. The average Bonchev–Trinajstić information content (AvgIpc) is 2.58. The van der Waals surface area contributed by atoms with Crippen molar-refractivity contribution in [3.8, 4) is 6.07 Å². The SMILES string of the molecule is Cc1c(I)cnc(N2CCC(c3cnccn3)CC2)c1C#N. The first kappa shape index (κ1) is 15.2. The zero-order chi connectivity index (χ0) is 15.5. The summed E-state index contributed by atoms with van der Waals surface area (Å²) in [4.78, 5) is 15.3. The quantitative estimate of drug-likeness (QED) is 0.719. The zero-order valence-electron chi connectivity index (χ0n) is 12.3. The van der Waals surface area contributed by atoms with Crippen LogP contribution in [0.25, 0.3) is 0 Å². The Hall–Kier alpha value is -1.75. The molecule has 0 atom stereocenters. The highest BCUT2D eigenvalue weighted by molar-refractivity contribution is 14.1. The number of rotatable bonds is 2. The molecule has 0 unspecified atom stereocenters. The predicted octanol–water partition coefficient (Wildman–Crippen LogP) is 3.04. The van der Waals surface area contributed by atoms with E-state index in [1.54, 1.807) is 12.4 Å². The van der Waals surface area contributed by atoms with Crippen LogP contribution in [0.2, 0.25) is 0 Å². The van der Waals surface area contributed by atoms with Crippen molar-refractivity contribution in [2.75, 3.05) is 18.0 Å². The van der Waals surface area contributed by atoms with Gasteiger partial charge in [0.25, 0.3) is 0 Å². The van der Waals surface area contributed by atoms with E-state index >= 15 is 0 Å². The van der Waals surface area contributed by atoms with Crippen LogP contribution < -0.4 is 4.90 Å². The van der Waals surface area contributed by atoms with E-state index in [2.05, 4.69) is 48.5 Å². The monoisotopic (exact) mass is 405 g/mol. The second-order valence-corrected chi connectivity index (χ2v) is 6.60. The van der Waals surface area contributed by atoms with Crippen molar-refractivity contribution >= 4 is 28.4 Å². The number of hydrogen-bond donors (Lipinski definition) is 0. The second-order valence-electron chi connectivity index (χ2n) is 5.43. The van der Waals surface area contributed by atoms with Crippen molar-refractivity contribution in [2.45, 2.75) is 25.7 Å². The van der Waals surface area contributed by atoms with E-state index in [9.17, 15) is 5.26 Å². The Morgan fingerprint density at radius 1 is 1.23 bits per heavy atom. The Morgan fingerprint density at radius 3 is 2.64 bits per heavy atom. The maximum Gasteiger partial charge on any atom is 0.146 e. The molecule has 5 nitrogen and oxygen atoms in total. The van der Waals surface area contributed by atoms with Crippen LogP contribution in [0.4, 0.5) is 5.82 Å². The first-order valence-electron chi connectivity index (χ1n) is 7.26. The van der Waals surface area contributed by atoms with Gasteiger partial charge in [-0.05, 0) is 47.9 Å². The van der Waals surface area contributed by atoms with Crippen LogP contribution in [0, 0.1) is 21.8 Å². The lowest BCUT2D eigenvalue weighted by Gasteiger charge is -2.33. The summed E-state index contributed by atoms with van der Waals surface area (Å²) in [6.07, 6.45) is 9.18. The number of nitriles is 1. The van der Waals surface area contributed by atoms with Gasteiger partial charge in [-0.25, -0.2) is 4.98 Å². The van der Waals surface area contributed by atoms with Crippen LogP contribution in [-0.2, 0) is 0 Å². The van der Waals surface area contributed by atoms with Crippen molar-refractivity contribution in [1.29, 1.82) is 5.26 Å². The van der Waals surface area contributed by atoms with Gasteiger partial charge in [0.2, 0.25) is 0 Å². The van der Waals surface area contributed by atoms with Crippen LogP contribution >= 0.6 is 22.6 Å². The van der Waals surface area contributed by atoms with Gasteiger partial charge in [0, 0.05) is 47.4 Å². The van der Waals surface area contributed by atoms with E-state index in [-0.39, 0.29) is 0 Å². The van der Waals surface area contributed by atoms with Gasteiger partial charge < -0.3 is 4.90 Å². The van der Waals surface area contributed by atoms with Gasteiger partial charge in [-0.1, -0.05) is 0 Å². The molecule has 1 aliphatic rings. The number of aromatic nitrogens is 3. The maximum absolute atomic E-state index is 9.45. The van der Waals surface area contributed by atoms with Crippen molar-refractivity contribution in [2.24, 2.45) is 0 Å². The summed E-state index contributed by atoms with van der Waals surface area (Å²) >= 11 is 2.22. The zero-order valence-corrected chi connectivity index (χ0v) is 14.5. The standard InChI is InChI=1S/C16H16IN5/c1-11-13(8-18)16(21-9-14(11)17)22-6-2-12(3-7-22)15-10-19-4-5-20-15/h4-5,9-10,12H,2-3,6-7H2,1H3. The van der Waals surface area contributed by atoms with Gasteiger partial charge in [0.05, 0.1) is 11.3 Å². The van der Waals surface area contributed by atoms with Crippen LogP contribution in [0.15, 0.2) is 24.8 Å². The van der Waals surface area contributed by atoms with E-state index in [0.717, 1.165) is 46.6 Å². The molecular formula is C16H16IN5. The Kier molecular flexibility index (Phi) is 4.52. The van der Waals surface area contributed by atoms with Gasteiger partial charge in [-0.15, -0.1) is 0 Å². The van der Waals surface area contributed by atoms with Gasteiger partial charge >= 0.3 is 0 Å². The number of nitrogens with zero attached hydrogens (tertiary/aromatic N) is 5. The van der Waals surface area contributed by atoms with Crippen LogP contribution in [-0.4, -0.2) is 28.0 Å². The minimum Gasteiger partial charge on any atom is -0.355 e. The van der Waals surface area contributed by atoms with Crippen molar-refractivity contribution in [3.05, 3.63) is 45.2 Å². The van der Waals surface area contributed by atoms with Crippen molar-refractivity contribution in [3.63, 3.8) is 0 Å². The van der Waals surface area contributed by atoms with E-state index in [1.165, 1.54) is 0 Å². The third-order valence-corrected chi connectivity index (χ3v) is 5.25. The molecule has 0 amide bonds. The summed E-state index contributed by atoms with van der Waals surface area (Å²) < 4.78 is 1.03. The minimum atomic E-state index is 0.445. The molecule has 6 heteroatoms. The van der Waals surface area contributed by atoms with E-state index in [0.29, 0.717) is 11.5 Å². The topological polar surface area (TPSA) is 65.7 Å². The number of pyridine rings is 1. The van der Waals surface area contributed by atoms with Crippen molar-refractivity contribution in [1.82, 2.24) is 15.0 Å². The normalized spacial score (nSPS) is 15.6. The van der Waals surface area contributed by atoms with Gasteiger partial charge in [0.1, 0.15) is 11.9 Å². The lowest BCUT2D eigenvalue weighted by molar-refractivity contribution is 0.492. The molecule has 0 bridgehead atoms. The molecular weight excluding hydrogens is 389 g/mol. The van der Waals surface area contributed by atoms with Gasteiger partial charge in [-0.2, -0.15) is 5.26 Å². The molecule has 0 radical (unpaired) electrons. The largest absolute Gasteiger partial charge is 0.355 e. The summed E-state index contributed by atoms with van der Waals surface area (Å²) in [5, 5.41) is 9.45. The Labute approximate surface area is 143 Å². The second kappa shape index (κ2) is 6.57. The molecule has 22 heavy (non-hydrogen) atoms. The molecule has 0 N–H and O–H groups in total. The van der Waals surface area contributed by atoms with Crippen LogP contribution in [0.5, 0.6) is 0 Å². The smallest absolute Gasteiger partial charge is 0.146 e. The number of piperidine rings is 1. The predicted molar refractivity (Wildman–Crippen MR) is 92.6 cm³/mol. The molecule has 2 aromatic rings. The fourth-order valence-electron chi connectivity index (χ4n) is 2.85. The maximum atomic E-state index is 9.45. The highest BCUT2D eigenvalue weighted by Crippen LogP contribution is 2.31. The Balaban J connectivity index is 1.78. The summed E-state index contributed by atoms with van der Waals surface area (Å²) in [7, 11) is 0. The highest BCUT2D eigenvalue weighted by atomic mass is 127. The fourth-order valence-corrected chi connectivity index (χ4v) is 3.26. The third-order valence-electron chi connectivity index (χ3n) is 4.16. The molecule has 0 saturated carbocycles. The van der Waals surface area contributed by atoms with Gasteiger partial charge in [0.15, 0.2) is 0 Å². The van der Waals surface area contributed by atoms with Crippen LogP contribution in [0.3, 0.4) is 0 Å². The third kappa shape index (κ3) is 2.90. The average molecular weight is 405 g/mol. The van der Waals surface area contributed by atoms with E-state index < -0.39 is 0 Å². The molecule has 0 aromatic carbocycles. The first-order chi connectivity index (χ1) is 10.7. The molecule has 1 aliphatic heterocycles. The summed E-state index contributed by atoms with van der Waals surface area (Å²) in [6, 6.07) is 2.31. The molecule has 3 heterocycles. The molecule has 1 fully saturated rings. The first-order valence-corrected chi connectivity index (χ1v) is 8.34. The van der Waals surface area contributed by atoms with Gasteiger partial charge in [-0.3, -0.25) is 9.97 Å². The minimum absolute atomic E-state index is 0.445. The van der Waals surface area contributed by atoms with E-state index in [4.69, 9.17) is 0 Å². The number of hydrogen-bond acceptors (Lipinski definition) is 5. The summed E-state index contributed by atoms with van der Waals surface area (Å²) in [6.45, 7) is 3.77. The van der Waals surface area contributed by atoms with Crippen LogP contribution in [0.1, 0.15) is 35.6 Å². The lowest BCUT2D eigenvalue weighted by Crippen LogP contribution is -2.34. The fraction of sp³-hybridized carbons (Fsp3) is 0.375. The highest BCUT2D eigenvalue weighted by Gasteiger charge is 2.24. The molecule has 3 rings (SSSR count). The molecule has 112 valence electrons. The molecule has 0 aliphatic carbocycles. The Morgan fingerprint density at radius 2 is 2.00 bits per heavy atom. The number of anilines is 1. The van der Waals surface area contributed by atoms with E-state index in [1.807, 2.05) is 19.3 Å². The number of halogens is 1.